The van der Waals surface area contributed by atoms with Crippen molar-refractivity contribution in [3.05, 3.63) is 42.0 Å². The second-order valence-corrected chi connectivity index (χ2v) is 5.29. The molecule has 2 atom stereocenters. The van der Waals surface area contributed by atoms with Gasteiger partial charge in [-0.2, -0.15) is 0 Å². The summed E-state index contributed by atoms with van der Waals surface area (Å²) in [6.45, 7) is 1.94. The van der Waals surface area contributed by atoms with Crippen LogP contribution in [0.3, 0.4) is 0 Å². The first-order chi connectivity index (χ1) is 8.75. The highest BCUT2D eigenvalue weighted by Crippen LogP contribution is 2.25. The minimum Gasteiger partial charge on any atom is -0.393 e. The van der Waals surface area contributed by atoms with Crippen LogP contribution >= 0.6 is 0 Å². The van der Waals surface area contributed by atoms with E-state index in [4.69, 9.17) is 0 Å². The number of aliphatic hydroxyl groups excluding tert-OH is 1. The van der Waals surface area contributed by atoms with Gasteiger partial charge in [0.1, 0.15) is 0 Å². The molecule has 1 aromatic carbocycles. The highest BCUT2D eigenvalue weighted by atomic mass is 16.3. The molecule has 98 valence electrons. The summed E-state index contributed by atoms with van der Waals surface area (Å²) >= 11 is 0. The van der Waals surface area contributed by atoms with Crippen LogP contribution in [-0.2, 0) is 0 Å². The van der Waals surface area contributed by atoms with E-state index >= 15 is 0 Å². The zero-order valence-corrected chi connectivity index (χ0v) is 11.1. The van der Waals surface area contributed by atoms with Crippen molar-refractivity contribution in [1.29, 1.82) is 0 Å². The Labute approximate surface area is 110 Å². The number of aliphatic hydroxyl groups is 1. The third-order valence-corrected chi connectivity index (χ3v) is 3.69. The molecule has 2 unspecified atom stereocenters. The molecule has 0 spiro atoms. The van der Waals surface area contributed by atoms with Crippen LogP contribution in [0.5, 0.6) is 0 Å². The van der Waals surface area contributed by atoms with E-state index in [-0.39, 0.29) is 6.10 Å². The molecule has 2 heteroatoms. The molecule has 0 heterocycles. The molecule has 0 radical (unpaired) electrons. The van der Waals surface area contributed by atoms with Gasteiger partial charge in [-0.15, -0.1) is 0 Å². The molecule has 2 rings (SSSR count). The Hall–Kier alpha value is -1.12. The number of hydrogen-bond acceptors (Lipinski definition) is 2. The van der Waals surface area contributed by atoms with Crippen LogP contribution in [-0.4, -0.2) is 36.2 Å². The summed E-state index contributed by atoms with van der Waals surface area (Å²) in [5.74, 6) is 0.472. The van der Waals surface area contributed by atoms with Gasteiger partial charge in [0.15, 0.2) is 0 Å². The lowest BCUT2D eigenvalue weighted by Crippen LogP contribution is -2.29. The fourth-order valence-corrected chi connectivity index (χ4v) is 2.64. The lowest BCUT2D eigenvalue weighted by atomic mass is 10.1. The average Bonchev–Trinajstić information content (AvgIpc) is 2.76. The summed E-state index contributed by atoms with van der Waals surface area (Å²) in [5, 5.41) is 9.80. The van der Waals surface area contributed by atoms with E-state index in [9.17, 15) is 5.11 Å². The van der Waals surface area contributed by atoms with Crippen molar-refractivity contribution in [3.63, 3.8) is 0 Å². The molecular weight excluding hydrogens is 222 g/mol. The highest BCUT2D eigenvalue weighted by Gasteiger charge is 2.25. The second kappa shape index (κ2) is 6.72. The normalized spacial score (nSPS) is 24.2. The zero-order valence-electron chi connectivity index (χ0n) is 11.1. The minimum absolute atomic E-state index is 0.0782. The first-order valence-corrected chi connectivity index (χ1v) is 6.84. The van der Waals surface area contributed by atoms with Crippen LogP contribution in [0, 0.1) is 5.92 Å². The van der Waals surface area contributed by atoms with Crippen molar-refractivity contribution >= 4 is 6.08 Å². The minimum atomic E-state index is -0.0782. The van der Waals surface area contributed by atoms with Gasteiger partial charge in [-0.05, 0) is 31.4 Å². The molecule has 2 nitrogen and oxygen atoms in total. The smallest absolute Gasteiger partial charge is 0.0580 e. The van der Waals surface area contributed by atoms with Crippen LogP contribution < -0.4 is 0 Å². The zero-order chi connectivity index (χ0) is 12.8. The summed E-state index contributed by atoms with van der Waals surface area (Å²) in [7, 11) is 2.13. The van der Waals surface area contributed by atoms with E-state index in [2.05, 4.69) is 48.4 Å². The van der Waals surface area contributed by atoms with Crippen LogP contribution in [0.25, 0.3) is 6.08 Å². The Balaban J connectivity index is 1.74. The number of nitrogens with zero attached hydrogens (tertiary/aromatic N) is 1. The van der Waals surface area contributed by atoms with Gasteiger partial charge >= 0.3 is 0 Å². The molecule has 0 bridgehead atoms. The molecule has 1 aliphatic carbocycles. The molecular formula is C16H23NO. The predicted molar refractivity (Wildman–Crippen MR) is 76.3 cm³/mol. The van der Waals surface area contributed by atoms with Crippen molar-refractivity contribution in [2.75, 3.05) is 20.1 Å². The van der Waals surface area contributed by atoms with E-state index in [1.165, 1.54) is 18.4 Å². The van der Waals surface area contributed by atoms with Gasteiger partial charge in [0, 0.05) is 13.1 Å². The SMILES string of the molecule is CN(C/C=C/c1ccccc1)CC1CCCC1O. The first-order valence-electron chi connectivity index (χ1n) is 6.84. The summed E-state index contributed by atoms with van der Waals surface area (Å²) in [6, 6.07) is 10.4. The van der Waals surface area contributed by atoms with Crippen LogP contribution in [0.4, 0.5) is 0 Å². The molecule has 1 saturated carbocycles. The maximum atomic E-state index is 9.80. The summed E-state index contributed by atoms with van der Waals surface area (Å²) in [5.41, 5.74) is 1.24. The van der Waals surface area contributed by atoms with Crippen molar-refractivity contribution in [1.82, 2.24) is 4.90 Å². The average molecular weight is 245 g/mol. The summed E-state index contributed by atoms with van der Waals surface area (Å²) in [4.78, 5) is 2.29. The monoisotopic (exact) mass is 245 g/mol. The van der Waals surface area contributed by atoms with E-state index in [1.54, 1.807) is 0 Å². The molecule has 1 fully saturated rings. The fourth-order valence-electron chi connectivity index (χ4n) is 2.64. The van der Waals surface area contributed by atoms with Crippen LogP contribution in [0.1, 0.15) is 24.8 Å². The Morgan fingerprint density at radius 2 is 2.06 bits per heavy atom. The van der Waals surface area contributed by atoms with Gasteiger partial charge in [-0.3, -0.25) is 0 Å². The first kappa shape index (κ1) is 13.3. The Morgan fingerprint density at radius 3 is 2.72 bits per heavy atom. The molecule has 0 aromatic heterocycles. The quantitative estimate of drug-likeness (QED) is 0.862. The topological polar surface area (TPSA) is 23.5 Å². The number of benzene rings is 1. The van der Waals surface area contributed by atoms with Gasteiger partial charge in [0.05, 0.1) is 6.10 Å². The van der Waals surface area contributed by atoms with Crippen molar-refractivity contribution < 1.29 is 5.11 Å². The molecule has 1 N–H and O–H groups in total. The summed E-state index contributed by atoms with van der Waals surface area (Å²) in [6.07, 6.45) is 7.61. The van der Waals surface area contributed by atoms with E-state index < -0.39 is 0 Å². The van der Waals surface area contributed by atoms with Gasteiger partial charge in [0.2, 0.25) is 0 Å². The molecule has 1 aliphatic rings. The molecule has 0 aliphatic heterocycles. The largest absolute Gasteiger partial charge is 0.393 e. The second-order valence-electron chi connectivity index (χ2n) is 5.29. The molecule has 18 heavy (non-hydrogen) atoms. The van der Waals surface area contributed by atoms with Gasteiger partial charge in [-0.1, -0.05) is 48.9 Å². The van der Waals surface area contributed by atoms with Gasteiger partial charge in [-0.25, -0.2) is 0 Å². The third kappa shape index (κ3) is 3.97. The van der Waals surface area contributed by atoms with E-state index in [0.29, 0.717) is 5.92 Å². The lowest BCUT2D eigenvalue weighted by molar-refractivity contribution is 0.112. The predicted octanol–water partition coefficient (Wildman–Crippen LogP) is 2.79. The highest BCUT2D eigenvalue weighted by molar-refractivity contribution is 5.48. The number of likely N-dealkylation sites (N-methyl/N-ethyl adjacent to an activating group) is 1. The van der Waals surface area contributed by atoms with Crippen molar-refractivity contribution in [3.8, 4) is 0 Å². The maximum Gasteiger partial charge on any atom is 0.0580 e. The summed E-state index contributed by atoms with van der Waals surface area (Å²) < 4.78 is 0. The van der Waals surface area contributed by atoms with E-state index in [0.717, 1.165) is 19.5 Å². The van der Waals surface area contributed by atoms with Crippen molar-refractivity contribution in [2.45, 2.75) is 25.4 Å². The van der Waals surface area contributed by atoms with E-state index in [1.807, 2.05) is 6.07 Å². The van der Waals surface area contributed by atoms with Crippen LogP contribution in [0.2, 0.25) is 0 Å². The van der Waals surface area contributed by atoms with Crippen LogP contribution in [0.15, 0.2) is 36.4 Å². The molecule has 1 aromatic rings. The van der Waals surface area contributed by atoms with Gasteiger partial charge in [0.25, 0.3) is 0 Å². The Bertz CT molecular complexity index is 374. The molecule has 0 saturated heterocycles. The van der Waals surface area contributed by atoms with Crippen molar-refractivity contribution in [2.24, 2.45) is 5.92 Å². The fraction of sp³-hybridized carbons (Fsp3) is 0.500. The third-order valence-electron chi connectivity index (χ3n) is 3.69. The maximum absolute atomic E-state index is 9.80. The molecule has 0 amide bonds. The standard InChI is InChI=1S/C16H23NO/c1-17(13-15-10-5-11-16(15)18)12-6-9-14-7-3-2-4-8-14/h2-4,6-9,15-16,18H,5,10-13H2,1H3/b9-6+. The Morgan fingerprint density at radius 1 is 1.28 bits per heavy atom. The van der Waals surface area contributed by atoms with Gasteiger partial charge < -0.3 is 10.0 Å². The lowest BCUT2D eigenvalue weighted by Gasteiger charge is -2.21. The number of rotatable bonds is 5. The Kier molecular flexibility index (Phi) is 4.97. The number of hydrogen-bond donors (Lipinski definition) is 1.